The molecule has 0 radical (unpaired) electrons. The quantitative estimate of drug-likeness (QED) is 0.688. The van der Waals surface area contributed by atoms with Gasteiger partial charge in [0.05, 0.1) is 5.54 Å². The van der Waals surface area contributed by atoms with Gasteiger partial charge in [-0.05, 0) is 44.7 Å². The SMILES string of the molecule is Cc1ccc(NC(=O)C2C(=O)N(C3CC3)C23CCCCC3)cc1. The van der Waals surface area contributed by atoms with Crippen LogP contribution in [0.2, 0.25) is 0 Å². The number of likely N-dealkylation sites (tertiary alicyclic amines) is 1. The lowest BCUT2D eigenvalue weighted by atomic mass is 9.64. The molecule has 2 aliphatic carbocycles. The lowest BCUT2D eigenvalue weighted by molar-refractivity contribution is -0.180. The normalized spacial score (nSPS) is 26.0. The number of carbonyl (C=O) groups is 2. The lowest BCUT2D eigenvalue weighted by Crippen LogP contribution is -2.74. The van der Waals surface area contributed by atoms with Crippen LogP contribution in [-0.2, 0) is 9.59 Å². The van der Waals surface area contributed by atoms with Gasteiger partial charge in [-0.1, -0.05) is 37.0 Å². The number of anilines is 1. The third-order valence-electron chi connectivity index (χ3n) is 5.71. The highest BCUT2D eigenvalue weighted by molar-refractivity contribution is 6.12. The zero-order valence-electron chi connectivity index (χ0n) is 13.7. The van der Waals surface area contributed by atoms with Gasteiger partial charge in [-0.2, -0.15) is 0 Å². The van der Waals surface area contributed by atoms with Crippen molar-refractivity contribution < 1.29 is 9.59 Å². The number of rotatable bonds is 3. The third kappa shape index (κ3) is 2.35. The van der Waals surface area contributed by atoms with E-state index < -0.39 is 5.92 Å². The number of aryl methyl sites for hydroxylation is 1. The van der Waals surface area contributed by atoms with Crippen molar-refractivity contribution in [1.29, 1.82) is 0 Å². The van der Waals surface area contributed by atoms with Gasteiger partial charge in [0, 0.05) is 11.7 Å². The molecule has 0 bridgehead atoms. The van der Waals surface area contributed by atoms with Crippen molar-refractivity contribution in [1.82, 2.24) is 4.90 Å². The monoisotopic (exact) mass is 312 g/mol. The van der Waals surface area contributed by atoms with Crippen molar-refractivity contribution in [2.24, 2.45) is 5.92 Å². The Morgan fingerprint density at radius 3 is 2.39 bits per heavy atom. The second-order valence-electron chi connectivity index (χ2n) is 7.39. The predicted octanol–water partition coefficient (Wildman–Crippen LogP) is 3.26. The summed E-state index contributed by atoms with van der Waals surface area (Å²) in [4.78, 5) is 27.5. The zero-order chi connectivity index (χ0) is 16.0. The summed E-state index contributed by atoms with van der Waals surface area (Å²) in [5.74, 6) is -0.540. The van der Waals surface area contributed by atoms with Crippen LogP contribution in [0.5, 0.6) is 0 Å². The van der Waals surface area contributed by atoms with Gasteiger partial charge in [-0.15, -0.1) is 0 Å². The summed E-state index contributed by atoms with van der Waals surface area (Å²) in [6, 6.07) is 8.17. The van der Waals surface area contributed by atoms with Crippen LogP contribution in [0.15, 0.2) is 24.3 Å². The average molecular weight is 312 g/mol. The fraction of sp³-hybridized carbons (Fsp3) is 0.579. The van der Waals surface area contributed by atoms with Crippen LogP contribution in [0.1, 0.15) is 50.5 Å². The second kappa shape index (κ2) is 5.36. The van der Waals surface area contributed by atoms with Crippen molar-refractivity contribution in [3.63, 3.8) is 0 Å². The van der Waals surface area contributed by atoms with E-state index in [9.17, 15) is 9.59 Å². The Hall–Kier alpha value is -1.84. The maximum atomic E-state index is 12.8. The highest BCUT2D eigenvalue weighted by atomic mass is 16.2. The molecule has 4 nitrogen and oxygen atoms in total. The second-order valence-corrected chi connectivity index (χ2v) is 7.39. The van der Waals surface area contributed by atoms with Gasteiger partial charge in [-0.3, -0.25) is 9.59 Å². The van der Waals surface area contributed by atoms with Crippen LogP contribution < -0.4 is 5.32 Å². The summed E-state index contributed by atoms with van der Waals surface area (Å²) < 4.78 is 0. The molecule has 1 unspecified atom stereocenters. The van der Waals surface area contributed by atoms with Crippen LogP contribution in [0, 0.1) is 12.8 Å². The summed E-state index contributed by atoms with van der Waals surface area (Å²) in [5, 5.41) is 2.97. The first kappa shape index (κ1) is 14.7. The van der Waals surface area contributed by atoms with E-state index in [0.717, 1.165) is 49.8 Å². The van der Waals surface area contributed by atoms with E-state index in [2.05, 4.69) is 10.2 Å². The number of nitrogens with one attached hydrogen (secondary N) is 1. The molecule has 1 N–H and O–H groups in total. The van der Waals surface area contributed by atoms with E-state index in [4.69, 9.17) is 0 Å². The molecule has 1 aromatic rings. The largest absolute Gasteiger partial charge is 0.332 e. The highest BCUT2D eigenvalue weighted by Gasteiger charge is 2.65. The minimum atomic E-state index is -0.482. The molecule has 1 spiro atoms. The topological polar surface area (TPSA) is 49.4 Å². The number of hydrogen-bond acceptors (Lipinski definition) is 2. The molecule has 0 aromatic heterocycles. The fourth-order valence-corrected chi connectivity index (χ4v) is 4.44. The molecule has 1 heterocycles. The molecule has 1 aliphatic heterocycles. The van der Waals surface area contributed by atoms with E-state index in [1.807, 2.05) is 31.2 Å². The molecule has 4 rings (SSSR count). The molecule has 23 heavy (non-hydrogen) atoms. The molecule has 3 fully saturated rings. The number of nitrogens with zero attached hydrogens (tertiary/aromatic N) is 1. The molecule has 4 heteroatoms. The van der Waals surface area contributed by atoms with Gasteiger partial charge >= 0.3 is 0 Å². The highest BCUT2D eigenvalue weighted by Crippen LogP contribution is 2.53. The Labute approximate surface area is 137 Å². The minimum Gasteiger partial charge on any atom is -0.332 e. The summed E-state index contributed by atoms with van der Waals surface area (Å²) in [6.45, 7) is 2.02. The fourth-order valence-electron chi connectivity index (χ4n) is 4.44. The molecule has 1 saturated heterocycles. The Morgan fingerprint density at radius 1 is 1.13 bits per heavy atom. The average Bonchev–Trinajstić information content (AvgIpc) is 3.35. The van der Waals surface area contributed by atoms with Crippen LogP contribution in [0.4, 0.5) is 5.69 Å². The third-order valence-corrected chi connectivity index (χ3v) is 5.71. The van der Waals surface area contributed by atoms with Crippen LogP contribution in [0.25, 0.3) is 0 Å². The van der Waals surface area contributed by atoms with Gasteiger partial charge in [0.2, 0.25) is 11.8 Å². The Morgan fingerprint density at radius 2 is 1.78 bits per heavy atom. The maximum absolute atomic E-state index is 12.8. The number of amides is 2. The smallest absolute Gasteiger partial charge is 0.239 e. The van der Waals surface area contributed by atoms with E-state index in [1.54, 1.807) is 0 Å². The van der Waals surface area contributed by atoms with Crippen molar-refractivity contribution in [3.05, 3.63) is 29.8 Å². The Kier molecular flexibility index (Phi) is 3.43. The molecule has 3 aliphatic rings. The van der Waals surface area contributed by atoms with E-state index in [1.165, 1.54) is 6.42 Å². The van der Waals surface area contributed by atoms with E-state index in [0.29, 0.717) is 6.04 Å². The van der Waals surface area contributed by atoms with E-state index >= 15 is 0 Å². The first-order chi connectivity index (χ1) is 11.1. The van der Waals surface area contributed by atoms with Gasteiger partial charge < -0.3 is 10.2 Å². The molecule has 122 valence electrons. The molecule has 2 saturated carbocycles. The molecule has 1 aromatic carbocycles. The molecular weight excluding hydrogens is 288 g/mol. The Bertz CT molecular complexity index is 627. The molecule has 1 atom stereocenters. The minimum absolute atomic E-state index is 0.0546. The summed E-state index contributed by atoms with van der Waals surface area (Å²) in [6.07, 6.45) is 7.68. The molecular formula is C19H24N2O2. The van der Waals surface area contributed by atoms with Gasteiger partial charge in [0.15, 0.2) is 0 Å². The summed E-state index contributed by atoms with van der Waals surface area (Å²) in [7, 11) is 0. The first-order valence-corrected chi connectivity index (χ1v) is 8.82. The lowest BCUT2D eigenvalue weighted by Gasteiger charge is -2.59. The van der Waals surface area contributed by atoms with Crippen molar-refractivity contribution in [2.75, 3.05) is 5.32 Å². The van der Waals surface area contributed by atoms with Gasteiger partial charge in [0.1, 0.15) is 5.92 Å². The number of hydrogen-bond donors (Lipinski definition) is 1. The van der Waals surface area contributed by atoms with Gasteiger partial charge in [0.25, 0.3) is 0 Å². The molecule has 2 amide bonds. The van der Waals surface area contributed by atoms with Crippen LogP contribution in [0.3, 0.4) is 0 Å². The number of β-lactam (4-membered cyclic amide) rings is 1. The van der Waals surface area contributed by atoms with E-state index in [-0.39, 0.29) is 17.4 Å². The predicted molar refractivity (Wildman–Crippen MR) is 89.0 cm³/mol. The standard InChI is InChI=1S/C19H24N2O2/c1-13-5-7-14(8-6-13)20-17(22)16-18(23)21(15-9-10-15)19(16)11-3-2-4-12-19/h5-8,15-16H,2-4,9-12H2,1H3,(H,20,22). The maximum Gasteiger partial charge on any atom is 0.239 e. The van der Waals surface area contributed by atoms with Crippen molar-refractivity contribution >= 4 is 17.5 Å². The summed E-state index contributed by atoms with van der Waals surface area (Å²) in [5.41, 5.74) is 1.75. The van der Waals surface area contributed by atoms with Crippen molar-refractivity contribution in [3.8, 4) is 0 Å². The van der Waals surface area contributed by atoms with Crippen LogP contribution in [-0.4, -0.2) is 28.3 Å². The number of benzene rings is 1. The number of carbonyl (C=O) groups excluding carboxylic acids is 2. The van der Waals surface area contributed by atoms with Gasteiger partial charge in [-0.25, -0.2) is 0 Å². The zero-order valence-corrected chi connectivity index (χ0v) is 13.7. The summed E-state index contributed by atoms with van der Waals surface area (Å²) >= 11 is 0. The Balaban J connectivity index is 1.55. The van der Waals surface area contributed by atoms with Crippen LogP contribution >= 0.6 is 0 Å². The van der Waals surface area contributed by atoms with Crippen molar-refractivity contribution in [2.45, 2.75) is 63.5 Å². The first-order valence-electron chi connectivity index (χ1n) is 8.82.